The maximum absolute atomic E-state index is 9.22. The third-order valence-corrected chi connectivity index (χ3v) is 3.81. The second kappa shape index (κ2) is 6.44. The topological polar surface area (TPSA) is 35.8 Å². The summed E-state index contributed by atoms with van der Waals surface area (Å²) in [6.07, 6.45) is 6.87. The smallest absolute Gasteiger partial charge is 0.0677 e. The quantitative estimate of drug-likeness (QED) is 0.861. The highest BCUT2D eigenvalue weighted by Crippen LogP contribution is 2.28. The van der Waals surface area contributed by atoms with Gasteiger partial charge in [-0.15, -0.1) is 0 Å². The van der Waals surface area contributed by atoms with Gasteiger partial charge < -0.3 is 5.32 Å². The van der Waals surface area contributed by atoms with Crippen LogP contribution in [0, 0.1) is 17.2 Å². The summed E-state index contributed by atoms with van der Waals surface area (Å²) in [5.74, 6) is 0.174. The molecule has 2 atom stereocenters. The van der Waals surface area contributed by atoms with Crippen LogP contribution in [0.3, 0.4) is 0 Å². The third-order valence-electron chi connectivity index (χ3n) is 3.81. The highest BCUT2D eigenvalue weighted by molar-refractivity contribution is 5.52. The van der Waals surface area contributed by atoms with E-state index in [1.54, 1.807) is 0 Å². The van der Waals surface area contributed by atoms with Crippen LogP contribution in [0.5, 0.6) is 0 Å². The average molecular weight is 242 g/mol. The maximum atomic E-state index is 9.22. The van der Waals surface area contributed by atoms with Gasteiger partial charge >= 0.3 is 0 Å². The van der Waals surface area contributed by atoms with Crippen LogP contribution in [0.15, 0.2) is 24.3 Å². The molecular weight excluding hydrogens is 220 g/mol. The monoisotopic (exact) mass is 242 g/mol. The molecule has 1 aliphatic carbocycles. The first-order valence-electron chi connectivity index (χ1n) is 7.09. The molecule has 0 heterocycles. The van der Waals surface area contributed by atoms with E-state index in [1.807, 2.05) is 0 Å². The molecule has 96 valence electrons. The number of aryl methyl sites for hydroxylation is 1. The molecule has 1 N–H and O–H groups in total. The number of hydrogen-bond acceptors (Lipinski definition) is 2. The Labute approximate surface area is 110 Å². The lowest BCUT2D eigenvalue weighted by Crippen LogP contribution is -2.31. The number of para-hydroxylation sites is 1. The van der Waals surface area contributed by atoms with Crippen LogP contribution in [0.1, 0.15) is 44.6 Å². The van der Waals surface area contributed by atoms with Gasteiger partial charge in [0.1, 0.15) is 0 Å². The van der Waals surface area contributed by atoms with Gasteiger partial charge in [0.25, 0.3) is 0 Å². The Morgan fingerprint density at radius 2 is 2.06 bits per heavy atom. The van der Waals surface area contributed by atoms with E-state index in [0.29, 0.717) is 6.04 Å². The lowest BCUT2D eigenvalue weighted by molar-refractivity contribution is 0.388. The molecule has 0 bridgehead atoms. The molecular formula is C16H22N2. The summed E-state index contributed by atoms with van der Waals surface area (Å²) < 4.78 is 0. The predicted octanol–water partition coefficient (Wildman–Crippen LogP) is 4.13. The number of anilines is 1. The van der Waals surface area contributed by atoms with Crippen LogP contribution in [-0.2, 0) is 6.42 Å². The number of nitrogens with one attached hydrogen (secondary N) is 1. The third kappa shape index (κ3) is 3.04. The predicted molar refractivity (Wildman–Crippen MR) is 75.4 cm³/mol. The van der Waals surface area contributed by atoms with Crippen LogP contribution in [-0.4, -0.2) is 6.04 Å². The van der Waals surface area contributed by atoms with Crippen LogP contribution >= 0.6 is 0 Å². The molecule has 1 aromatic rings. The van der Waals surface area contributed by atoms with Crippen molar-refractivity contribution in [1.82, 2.24) is 0 Å². The van der Waals surface area contributed by atoms with Crippen molar-refractivity contribution in [2.24, 2.45) is 5.92 Å². The van der Waals surface area contributed by atoms with E-state index in [-0.39, 0.29) is 5.92 Å². The molecule has 2 rings (SSSR count). The lowest BCUT2D eigenvalue weighted by atomic mass is 9.85. The first-order chi connectivity index (χ1) is 8.85. The van der Waals surface area contributed by atoms with E-state index in [4.69, 9.17) is 0 Å². The Bertz CT molecular complexity index is 419. The van der Waals surface area contributed by atoms with Crippen molar-refractivity contribution in [3.63, 3.8) is 0 Å². The van der Waals surface area contributed by atoms with Crippen LogP contribution in [0.25, 0.3) is 0 Å². The van der Waals surface area contributed by atoms with Crippen molar-refractivity contribution in [2.75, 3.05) is 5.32 Å². The van der Waals surface area contributed by atoms with Gasteiger partial charge in [-0.25, -0.2) is 0 Å². The molecule has 0 spiro atoms. The zero-order chi connectivity index (χ0) is 12.8. The maximum Gasteiger partial charge on any atom is 0.0677 e. The Morgan fingerprint density at radius 1 is 1.28 bits per heavy atom. The fourth-order valence-electron chi connectivity index (χ4n) is 2.81. The fraction of sp³-hybridized carbons (Fsp3) is 0.562. The van der Waals surface area contributed by atoms with Gasteiger partial charge in [0.15, 0.2) is 0 Å². The van der Waals surface area contributed by atoms with Crippen LogP contribution in [0.2, 0.25) is 0 Å². The summed E-state index contributed by atoms with van der Waals surface area (Å²) in [5, 5.41) is 12.8. The molecule has 0 aliphatic heterocycles. The van der Waals surface area contributed by atoms with Crippen molar-refractivity contribution in [2.45, 2.75) is 51.5 Å². The van der Waals surface area contributed by atoms with Crippen molar-refractivity contribution < 1.29 is 0 Å². The van der Waals surface area contributed by atoms with Crippen molar-refractivity contribution in [3.8, 4) is 6.07 Å². The highest BCUT2D eigenvalue weighted by atomic mass is 14.9. The number of hydrogen-bond donors (Lipinski definition) is 1. The van der Waals surface area contributed by atoms with Crippen LogP contribution < -0.4 is 5.32 Å². The van der Waals surface area contributed by atoms with E-state index in [1.165, 1.54) is 24.1 Å². The van der Waals surface area contributed by atoms with E-state index in [9.17, 15) is 5.26 Å². The number of nitriles is 1. The molecule has 1 aromatic carbocycles. The fourth-order valence-corrected chi connectivity index (χ4v) is 2.81. The van der Waals surface area contributed by atoms with Crippen LogP contribution in [0.4, 0.5) is 5.69 Å². The number of rotatable bonds is 4. The van der Waals surface area contributed by atoms with E-state index in [0.717, 1.165) is 25.7 Å². The Morgan fingerprint density at radius 3 is 2.83 bits per heavy atom. The van der Waals surface area contributed by atoms with E-state index >= 15 is 0 Å². The summed E-state index contributed by atoms with van der Waals surface area (Å²) in [7, 11) is 0. The SMILES string of the molecule is CCCc1ccccc1NC1CCCCC1C#N. The van der Waals surface area contributed by atoms with E-state index in [2.05, 4.69) is 42.6 Å². The molecule has 2 nitrogen and oxygen atoms in total. The highest BCUT2D eigenvalue weighted by Gasteiger charge is 2.25. The molecule has 1 fully saturated rings. The standard InChI is InChI=1S/C16H22N2/c1-2-7-13-8-3-5-10-15(13)18-16-11-6-4-9-14(16)12-17/h3,5,8,10,14,16,18H,2,4,6-7,9,11H2,1H3. The second-order valence-corrected chi connectivity index (χ2v) is 5.18. The van der Waals surface area contributed by atoms with Gasteiger partial charge in [0.2, 0.25) is 0 Å². The lowest BCUT2D eigenvalue weighted by Gasteiger charge is -2.29. The van der Waals surface area contributed by atoms with Gasteiger partial charge in [-0.05, 0) is 30.9 Å². The van der Waals surface area contributed by atoms with Gasteiger partial charge in [-0.3, -0.25) is 0 Å². The molecule has 2 heteroatoms. The first-order valence-corrected chi connectivity index (χ1v) is 7.09. The summed E-state index contributed by atoms with van der Waals surface area (Å²) in [5.41, 5.74) is 2.61. The zero-order valence-corrected chi connectivity index (χ0v) is 11.2. The molecule has 1 aliphatic rings. The first kappa shape index (κ1) is 13.0. The number of nitrogens with zero attached hydrogens (tertiary/aromatic N) is 1. The van der Waals surface area contributed by atoms with Gasteiger partial charge in [-0.2, -0.15) is 5.26 Å². The Kier molecular flexibility index (Phi) is 4.64. The molecule has 18 heavy (non-hydrogen) atoms. The van der Waals surface area contributed by atoms with Gasteiger partial charge in [0, 0.05) is 11.7 Å². The van der Waals surface area contributed by atoms with Gasteiger partial charge in [-0.1, -0.05) is 44.4 Å². The minimum atomic E-state index is 0.174. The summed E-state index contributed by atoms with van der Waals surface area (Å²) in [6, 6.07) is 11.3. The molecule has 0 amide bonds. The molecule has 0 saturated heterocycles. The minimum absolute atomic E-state index is 0.174. The molecule has 1 saturated carbocycles. The Balaban J connectivity index is 2.10. The normalized spacial score (nSPS) is 23.3. The average Bonchev–Trinajstić information content (AvgIpc) is 2.42. The minimum Gasteiger partial charge on any atom is -0.381 e. The summed E-state index contributed by atoms with van der Waals surface area (Å²) >= 11 is 0. The zero-order valence-electron chi connectivity index (χ0n) is 11.2. The molecule has 0 aromatic heterocycles. The van der Waals surface area contributed by atoms with Gasteiger partial charge in [0.05, 0.1) is 12.0 Å². The molecule has 2 unspecified atom stereocenters. The Hall–Kier alpha value is -1.49. The summed E-state index contributed by atoms with van der Waals surface area (Å²) in [6.45, 7) is 2.20. The second-order valence-electron chi connectivity index (χ2n) is 5.18. The summed E-state index contributed by atoms with van der Waals surface area (Å²) in [4.78, 5) is 0. The van der Waals surface area contributed by atoms with Crippen molar-refractivity contribution in [3.05, 3.63) is 29.8 Å². The number of benzene rings is 1. The van der Waals surface area contributed by atoms with Crippen molar-refractivity contribution >= 4 is 5.69 Å². The largest absolute Gasteiger partial charge is 0.381 e. The van der Waals surface area contributed by atoms with Crippen molar-refractivity contribution in [1.29, 1.82) is 5.26 Å². The van der Waals surface area contributed by atoms with E-state index < -0.39 is 0 Å². The molecule has 0 radical (unpaired) electrons.